The van der Waals surface area contributed by atoms with Crippen molar-refractivity contribution in [2.75, 3.05) is 0 Å². The molecule has 1 heteroatoms. The van der Waals surface area contributed by atoms with Gasteiger partial charge in [-0.25, -0.2) is 0 Å². The molecule has 0 aromatic heterocycles. The van der Waals surface area contributed by atoms with Crippen molar-refractivity contribution in [3.63, 3.8) is 0 Å². The van der Waals surface area contributed by atoms with Gasteiger partial charge in [0.25, 0.3) is 0 Å². The summed E-state index contributed by atoms with van der Waals surface area (Å²) in [5.41, 5.74) is 4.39. The molecule has 1 rings (SSSR count). The molecule has 0 unspecified atom stereocenters. The van der Waals surface area contributed by atoms with Gasteiger partial charge in [0.2, 0.25) is 0 Å². The topological polar surface area (TPSA) is 23.8 Å². The van der Waals surface area contributed by atoms with E-state index in [1.807, 2.05) is 24.3 Å². The fourth-order valence-electron chi connectivity index (χ4n) is 1.40. The minimum Gasteiger partial charge on any atom is -0.192 e. The maximum absolute atomic E-state index is 8.95. The first kappa shape index (κ1) is 10.5. The molecular weight excluding hydrogens is 170 g/mol. The molecule has 0 heterocycles. The van der Waals surface area contributed by atoms with Crippen molar-refractivity contribution in [1.82, 2.24) is 0 Å². The quantitative estimate of drug-likeness (QED) is 0.688. The Kier molecular flexibility index (Phi) is 3.48. The lowest BCUT2D eigenvalue weighted by Gasteiger charge is -2.07. The predicted molar refractivity (Wildman–Crippen MR) is 59.7 cm³/mol. The van der Waals surface area contributed by atoms with Gasteiger partial charge in [0.05, 0.1) is 11.6 Å². The third kappa shape index (κ3) is 2.03. The van der Waals surface area contributed by atoms with Crippen molar-refractivity contribution >= 4 is 5.57 Å². The Balaban J connectivity index is 3.27. The molecule has 0 radical (unpaired) electrons. The maximum atomic E-state index is 8.95. The lowest BCUT2D eigenvalue weighted by Crippen LogP contribution is -1.88. The van der Waals surface area contributed by atoms with Crippen LogP contribution in [0.3, 0.4) is 0 Å². The predicted octanol–water partition coefficient (Wildman–Crippen LogP) is 3.76. The highest BCUT2D eigenvalue weighted by Crippen LogP contribution is 2.22. The summed E-state index contributed by atoms with van der Waals surface area (Å²) in [5.74, 6) is 0. The van der Waals surface area contributed by atoms with Gasteiger partial charge in [0.1, 0.15) is 0 Å². The molecule has 14 heavy (non-hydrogen) atoms. The van der Waals surface area contributed by atoms with Crippen LogP contribution < -0.4 is 0 Å². The zero-order valence-corrected chi connectivity index (χ0v) is 8.96. The summed E-state index contributed by atoms with van der Waals surface area (Å²) in [6, 6.07) is 9.97. The summed E-state index contributed by atoms with van der Waals surface area (Å²) >= 11 is 0. The van der Waals surface area contributed by atoms with Crippen LogP contribution >= 0.6 is 0 Å². The van der Waals surface area contributed by atoms with Crippen molar-refractivity contribution in [2.24, 2.45) is 0 Å². The lowest BCUT2D eigenvalue weighted by molar-refractivity contribution is 1.10. The van der Waals surface area contributed by atoms with E-state index in [2.05, 4.69) is 26.8 Å². The van der Waals surface area contributed by atoms with Crippen LogP contribution in [0.25, 0.3) is 5.57 Å². The fraction of sp³-hybridized carbons (Fsp3) is 0.308. The van der Waals surface area contributed by atoms with E-state index in [1.54, 1.807) is 0 Å². The van der Waals surface area contributed by atoms with Crippen LogP contribution in [0.2, 0.25) is 0 Å². The highest BCUT2D eigenvalue weighted by atomic mass is 14.2. The molecule has 0 bridgehead atoms. The van der Waals surface area contributed by atoms with E-state index in [0.29, 0.717) is 0 Å². The van der Waals surface area contributed by atoms with E-state index in [0.717, 1.165) is 17.5 Å². The van der Waals surface area contributed by atoms with Gasteiger partial charge in [-0.05, 0) is 37.5 Å². The summed E-state index contributed by atoms with van der Waals surface area (Å²) in [6.07, 6.45) is 1.03. The molecule has 1 aromatic rings. The molecule has 0 spiro atoms. The Morgan fingerprint density at radius 1 is 1.29 bits per heavy atom. The summed E-state index contributed by atoms with van der Waals surface area (Å²) < 4.78 is 0. The summed E-state index contributed by atoms with van der Waals surface area (Å²) in [5, 5.41) is 8.95. The molecule has 0 fully saturated rings. The fourth-order valence-corrected chi connectivity index (χ4v) is 1.40. The molecule has 0 aliphatic rings. The number of benzene rings is 1. The smallest absolute Gasteiger partial charge is 0.0998 e. The Hall–Kier alpha value is -1.55. The molecule has 72 valence electrons. The van der Waals surface area contributed by atoms with Gasteiger partial charge >= 0.3 is 0 Å². The molecule has 0 atom stereocenters. The van der Waals surface area contributed by atoms with Crippen LogP contribution in [0.4, 0.5) is 0 Å². The zero-order valence-electron chi connectivity index (χ0n) is 8.96. The number of hydrogen-bond donors (Lipinski definition) is 0. The number of nitrogens with zero attached hydrogens (tertiary/aromatic N) is 1. The van der Waals surface area contributed by atoms with E-state index in [-0.39, 0.29) is 0 Å². The van der Waals surface area contributed by atoms with Crippen LogP contribution in [-0.2, 0) is 0 Å². The first-order valence-corrected chi connectivity index (χ1v) is 4.86. The van der Waals surface area contributed by atoms with Crippen LogP contribution in [-0.4, -0.2) is 0 Å². The van der Waals surface area contributed by atoms with Crippen LogP contribution in [0, 0.1) is 11.3 Å². The van der Waals surface area contributed by atoms with Crippen molar-refractivity contribution in [3.05, 3.63) is 41.0 Å². The van der Waals surface area contributed by atoms with Gasteiger partial charge in [-0.2, -0.15) is 5.26 Å². The van der Waals surface area contributed by atoms with Crippen LogP contribution in [0.1, 0.15) is 38.3 Å². The molecular formula is C13H15N. The number of nitriles is 1. The van der Waals surface area contributed by atoms with E-state index >= 15 is 0 Å². The van der Waals surface area contributed by atoms with Gasteiger partial charge in [-0.15, -0.1) is 0 Å². The molecule has 0 saturated heterocycles. The highest BCUT2D eigenvalue weighted by molar-refractivity contribution is 5.71. The summed E-state index contributed by atoms with van der Waals surface area (Å²) in [6.45, 7) is 6.33. The average molecular weight is 185 g/mol. The van der Waals surface area contributed by atoms with Crippen molar-refractivity contribution < 1.29 is 0 Å². The van der Waals surface area contributed by atoms with E-state index in [9.17, 15) is 0 Å². The third-order valence-electron chi connectivity index (χ3n) is 2.62. The Morgan fingerprint density at radius 3 is 2.50 bits per heavy atom. The maximum Gasteiger partial charge on any atom is 0.0998 e. The van der Waals surface area contributed by atoms with E-state index in [1.165, 1.54) is 11.1 Å². The molecule has 1 aromatic carbocycles. The van der Waals surface area contributed by atoms with Crippen LogP contribution in [0.5, 0.6) is 0 Å². The van der Waals surface area contributed by atoms with Crippen molar-refractivity contribution in [2.45, 2.75) is 27.2 Å². The summed E-state index contributed by atoms with van der Waals surface area (Å²) in [4.78, 5) is 0. The zero-order chi connectivity index (χ0) is 10.6. The molecule has 1 nitrogen and oxygen atoms in total. The van der Waals surface area contributed by atoms with Gasteiger partial charge in [-0.1, -0.05) is 30.7 Å². The van der Waals surface area contributed by atoms with Crippen molar-refractivity contribution in [3.8, 4) is 6.07 Å². The standard InChI is InChI=1S/C13H15N/c1-4-10(2)11(3)13-8-6-5-7-12(13)9-14/h5-8H,4H2,1-3H3. The Morgan fingerprint density at radius 2 is 1.93 bits per heavy atom. The molecule has 0 saturated carbocycles. The minimum atomic E-state index is 0.762. The van der Waals surface area contributed by atoms with Gasteiger partial charge in [-0.3, -0.25) is 0 Å². The van der Waals surface area contributed by atoms with Crippen molar-refractivity contribution in [1.29, 1.82) is 5.26 Å². The highest BCUT2D eigenvalue weighted by Gasteiger charge is 2.04. The second-order valence-corrected chi connectivity index (χ2v) is 3.42. The number of allylic oxidation sites excluding steroid dienone is 2. The number of rotatable bonds is 2. The Labute approximate surface area is 85.7 Å². The Bertz CT molecular complexity index is 394. The van der Waals surface area contributed by atoms with Gasteiger partial charge in [0, 0.05) is 0 Å². The monoisotopic (exact) mass is 185 g/mol. The first-order valence-electron chi connectivity index (χ1n) is 4.86. The third-order valence-corrected chi connectivity index (χ3v) is 2.62. The van der Waals surface area contributed by atoms with E-state index < -0.39 is 0 Å². The molecule has 0 amide bonds. The first-order chi connectivity index (χ1) is 6.70. The largest absolute Gasteiger partial charge is 0.192 e. The van der Waals surface area contributed by atoms with Gasteiger partial charge < -0.3 is 0 Å². The normalized spacial score (nSPS) is 11.9. The molecule has 0 N–H and O–H groups in total. The molecule has 0 aliphatic heterocycles. The SMILES string of the molecule is CCC(C)=C(C)c1ccccc1C#N. The van der Waals surface area contributed by atoms with Crippen LogP contribution in [0.15, 0.2) is 29.8 Å². The lowest BCUT2D eigenvalue weighted by atomic mass is 9.97. The van der Waals surface area contributed by atoms with E-state index in [4.69, 9.17) is 5.26 Å². The second-order valence-electron chi connectivity index (χ2n) is 3.42. The average Bonchev–Trinajstić information content (AvgIpc) is 2.26. The van der Waals surface area contributed by atoms with Gasteiger partial charge in [0.15, 0.2) is 0 Å². The minimum absolute atomic E-state index is 0.762. The second kappa shape index (κ2) is 4.62. The summed E-state index contributed by atoms with van der Waals surface area (Å²) in [7, 11) is 0. The molecule has 0 aliphatic carbocycles. The number of hydrogen-bond acceptors (Lipinski definition) is 1.